The molecule has 4 aromatic rings. The molecule has 0 aliphatic carbocycles. The molecule has 6 rings (SSSR count). The first-order valence-corrected chi connectivity index (χ1v) is 17.9. The lowest BCUT2D eigenvalue weighted by atomic mass is 9.89. The Balaban J connectivity index is 1.18. The van der Waals surface area contributed by atoms with Crippen LogP contribution < -0.4 is 10.2 Å². The van der Waals surface area contributed by atoms with Crippen LogP contribution in [0.1, 0.15) is 41.6 Å². The largest absolute Gasteiger partial charge is 0.392 e. The molecular weight excluding hydrogens is 715 g/mol. The normalized spacial score (nSPS) is 21.3. The molecule has 0 radical (unpaired) electrons. The van der Waals surface area contributed by atoms with Crippen LogP contribution in [0.25, 0.3) is 11.1 Å². The number of carbonyl (C=O) groups excluding carboxylic acids is 1. The zero-order valence-electron chi connectivity index (χ0n) is 28.0. The Kier molecular flexibility index (Phi) is 11.8. The lowest BCUT2D eigenvalue weighted by Gasteiger charge is -2.44. The van der Waals surface area contributed by atoms with Crippen LogP contribution in [0, 0.1) is 16.0 Å². The van der Waals surface area contributed by atoms with E-state index >= 15 is 0 Å². The van der Waals surface area contributed by atoms with Crippen molar-refractivity contribution in [2.75, 3.05) is 37.6 Å². The van der Waals surface area contributed by atoms with E-state index in [2.05, 4.69) is 22.0 Å². The number of hydrogen-bond donors (Lipinski definition) is 2. The fourth-order valence-corrected chi connectivity index (χ4v) is 6.81. The number of hydrogen-bond acceptors (Lipinski definition) is 8. The highest BCUT2D eigenvalue weighted by molar-refractivity contribution is 6.76. The number of anilines is 1. The minimum Gasteiger partial charge on any atom is -0.392 e. The number of halogens is 3. The number of alkyl halides is 3. The van der Waals surface area contributed by atoms with Crippen LogP contribution in [0.2, 0.25) is 0 Å². The number of amides is 1. The molecule has 2 heterocycles. The van der Waals surface area contributed by atoms with Crippen molar-refractivity contribution in [3.05, 3.63) is 129 Å². The van der Waals surface area contributed by atoms with Gasteiger partial charge in [-0.2, -0.15) is 0 Å². The molecule has 2 aliphatic heterocycles. The highest BCUT2D eigenvalue weighted by atomic mass is 35.6. The quantitative estimate of drug-likeness (QED) is 0.0981. The van der Waals surface area contributed by atoms with E-state index in [4.69, 9.17) is 44.3 Å². The third-order valence-electron chi connectivity index (χ3n) is 9.57. The molecule has 0 saturated carbocycles. The van der Waals surface area contributed by atoms with E-state index in [1.54, 1.807) is 12.1 Å². The molecule has 0 aromatic heterocycles. The van der Waals surface area contributed by atoms with E-state index in [1.165, 1.54) is 0 Å². The van der Waals surface area contributed by atoms with Crippen molar-refractivity contribution in [3.63, 3.8) is 0 Å². The topological polar surface area (TPSA) is 117 Å². The number of non-ortho nitro benzene ring substituents is 1. The number of nitrogens with zero attached hydrogens (tertiary/aromatic N) is 3. The van der Waals surface area contributed by atoms with Gasteiger partial charge in [-0.25, -0.2) is 0 Å². The van der Waals surface area contributed by atoms with Gasteiger partial charge >= 0.3 is 0 Å². The summed E-state index contributed by atoms with van der Waals surface area (Å²) in [6.45, 7) is 6.26. The first-order chi connectivity index (χ1) is 24.5. The zero-order chi connectivity index (χ0) is 36.1. The maximum absolute atomic E-state index is 12.2. The lowest BCUT2D eigenvalue weighted by molar-refractivity contribution is -0.384. The van der Waals surface area contributed by atoms with Crippen LogP contribution >= 0.6 is 34.8 Å². The van der Waals surface area contributed by atoms with Gasteiger partial charge in [-0.15, -0.1) is 0 Å². The molecule has 2 fully saturated rings. The van der Waals surface area contributed by atoms with Crippen LogP contribution in [0.5, 0.6) is 0 Å². The maximum Gasteiger partial charge on any atom is 0.272 e. The Morgan fingerprint density at radius 2 is 1.55 bits per heavy atom. The fraction of sp³-hybridized carbons (Fsp3) is 0.342. The second kappa shape index (κ2) is 16.3. The fourth-order valence-electron chi connectivity index (χ4n) is 6.61. The summed E-state index contributed by atoms with van der Waals surface area (Å²) >= 11 is 17.2. The van der Waals surface area contributed by atoms with Crippen molar-refractivity contribution in [2.45, 2.75) is 42.4 Å². The van der Waals surface area contributed by atoms with Crippen molar-refractivity contribution in [3.8, 4) is 11.1 Å². The molecule has 2 saturated heterocycles. The van der Waals surface area contributed by atoms with Gasteiger partial charge in [0.05, 0.1) is 23.7 Å². The molecule has 10 nitrogen and oxygen atoms in total. The summed E-state index contributed by atoms with van der Waals surface area (Å²) < 4.78 is 11.4. The van der Waals surface area contributed by atoms with Crippen LogP contribution in [0.3, 0.4) is 0 Å². The lowest BCUT2D eigenvalue weighted by Crippen LogP contribution is -2.51. The van der Waals surface area contributed by atoms with E-state index in [0.29, 0.717) is 6.54 Å². The number of aliphatic hydroxyl groups excluding tert-OH is 1. The van der Waals surface area contributed by atoms with Gasteiger partial charge < -0.3 is 24.8 Å². The number of benzene rings is 4. The standard InChI is InChI=1S/C38H39Cl3N4O6/c1-25-34(23-43-18-20-44(21-19-43)31-14-16-32(17-15-31)45(48)49)50-36(51-35(25)28-8-6-26(24-46)7-9-28)29-12-10-27(11-13-29)33-5-3-2-4-30(33)22-42-37(47)38(39,40)41/h2-17,25,34-36,46H,18-24H2,1H3,(H,42,47). The molecule has 13 heteroatoms. The molecule has 2 N–H and O–H groups in total. The van der Waals surface area contributed by atoms with E-state index < -0.39 is 16.0 Å². The zero-order valence-corrected chi connectivity index (χ0v) is 30.2. The van der Waals surface area contributed by atoms with Crippen LogP contribution in [0.4, 0.5) is 11.4 Å². The van der Waals surface area contributed by atoms with E-state index in [9.17, 15) is 20.0 Å². The number of piperazine rings is 1. The predicted octanol–water partition coefficient (Wildman–Crippen LogP) is 7.35. The number of nitro benzene ring substituents is 1. The highest BCUT2D eigenvalue weighted by Gasteiger charge is 2.39. The molecule has 4 aromatic carbocycles. The number of carbonyl (C=O) groups is 1. The monoisotopic (exact) mass is 752 g/mol. The third-order valence-corrected chi connectivity index (χ3v) is 10.1. The molecule has 1 amide bonds. The number of nitrogens with one attached hydrogen (secondary N) is 1. The Labute approximate surface area is 312 Å². The third kappa shape index (κ3) is 9.02. The first kappa shape index (κ1) is 37.0. The van der Waals surface area contributed by atoms with Gasteiger partial charge in [-0.3, -0.25) is 19.8 Å². The van der Waals surface area contributed by atoms with Gasteiger partial charge in [0.2, 0.25) is 0 Å². The molecule has 0 spiro atoms. The van der Waals surface area contributed by atoms with Gasteiger partial charge in [0.15, 0.2) is 6.29 Å². The molecule has 4 atom stereocenters. The first-order valence-electron chi connectivity index (χ1n) is 16.8. The van der Waals surface area contributed by atoms with Gasteiger partial charge in [-0.05, 0) is 39.9 Å². The molecule has 51 heavy (non-hydrogen) atoms. The maximum atomic E-state index is 12.2. The van der Waals surface area contributed by atoms with Gasteiger partial charge in [0.1, 0.15) is 0 Å². The summed E-state index contributed by atoms with van der Waals surface area (Å²) in [4.78, 5) is 27.5. The van der Waals surface area contributed by atoms with E-state index in [0.717, 1.165) is 65.2 Å². The molecular formula is C38H39Cl3N4O6. The average Bonchev–Trinajstić information content (AvgIpc) is 3.15. The van der Waals surface area contributed by atoms with Crippen molar-refractivity contribution in [1.29, 1.82) is 0 Å². The Morgan fingerprint density at radius 1 is 0.902 bits per heavy atom. The number of rotatable bonds is 10. The highest BCUT2D eigenvalue weighted by Crippen LogP contribution is 2.42. The predicted molar refractivity (Wildman–Crippen MR) is 199 cm³/mol. The summed E-state index contributed by atoms with van der Waals surface area (Å²) in [6.07, 6.45) is -1.01. The van der Waals surface area contributed by atoms with Crippen LogP contribution in [-0.2, 0) is 27.4 Å². The smallest absolute Gasteiger partial charge is 0.272 e. The molecule has 268 valence electrons. The van der Waals surface area contributed by atoms with Crippen molar-refractivity contribution in [2.24, 2.45) is 5.92 Å². The van der Waals surface area contributed by atoms with Crippen LogP contribution in [0.15, 0.2) is 97.1 Å². The minimum atomic E-state index is -2.05. The summed E-state index contributed by atoms with van der Waals surface area (Å²) in [5, 5.41) is 23.4. The Bertz CT molecular complexity index is 1800. The number of ether oxygens (including phenoxy) is 2. The Hall–Kier alpha value is -3.74. The summed E-state index contributed by atoms with van der Waals surface area (Å²) in [5.74, 6) is -0.664. The number of nitro groups is 1. The summed E-state index contributed by atoms with van der Waals surface area (Å²) in [7, 11) is 0. The van der Waals surface area contributed by atoms with E-state index in [1.807, 2.05) is 84.9 Å². The SMILES string of the molecule is CC1C(CN2CCN(c3ccc([N+](=O)[O-])cc3)CC2)OC(c2ccc(-c3ccccc3CNC(=O)C(Cl)(Cl)Cl)cc2)OC1c1ccc(CO)cc1. The molecule has 0 bridgehead atoms. The molecule has 4 unspecified atom stereocenters. The molecule has 2 aliphatic rings. The van der Waals surface area contributed by atoms with Gasteiger partial charge in [0.25, 0.3) is 15.4 Å². The van der Waals surface area contributed by atoms with Crippen molar-refractivity contribution >= 4 is 52.1 Å². The minimum absolute atomic E-state index is 0.0305. The van der Waals surface area contributed by atoms with Crippen molar-refractivity contribution in [1.82, 2.24) is 10.2 Å². The van der Waals surface area contributed by atoms with Crippen LogP contribution in [-0.4, -0.2) is 63.5 Å². The average molecular weight is 754 g/mol. The Morgan fingerprint density at radius 3 is 2.18 bits per heavy atom. The second-order valence-electron chi connectivity index (χ2n) is 12.8. The second-order valence-corrected chi connectivity index (χ2v) is 15.1. The number of aliphatic hydroxyl groups is 1. The van der Waals surface area contributed by atoms with Gasteiger partial charge in [0, 0.05) is 68.6 Å². The summed E-state index contributed by atoms with van der Waals surface area (Å²) in [6, 6.07) is 30.3. The van der Waals surface area contributed by atoms with Gasteiger partial charge in [-0.1, -0.05) is 115 Å². The van der Waals surface area contributed by atoms with E-state index in [-0.39, 0.29) is 41.9 Å². The van der Waals surface area contributed by atoms with Crippen molar-refractivity contribution < 1.29 is 24.3 Å². The summed E-state index contributed by atoms with van der Waals surface area (Å²) in [5.41, 5.74) is 6.52.